The topological polar surface area (TPSA) is 61.4 Å². The van der Waals surface area contributed by atoms with Gasteiger partial charge in [-0.1, -0.05) is 40.2 Å². The normalized spacial score (nSPS) is 11.1. The number of hydrogen-bond donors (Lipinski definition) is 2. The Balaban J connectivity index is 1.93. The van der Waals surface area contributed by atoms with E-state index in [0.29, 0.717) is 20.2 Å². The van der Waals surface area contributed by atoms with Crippen molar-refractivity contribution in [1.29, 1.82) is 0 Å². The maximum Gasteiger partial charge on any atom is 0.272 e. The summed E-state index contributed by atoms with van der Waals surface area (Å²) < 4.78 is 2.23. The van der Waals surface area contributed by atoms with Gasteiger partial charge in [0.1, 0.15) is 5.70 Å². The summed E-state index contributed by atoms with van der Waals surface area (Å²) in [6.45, 7) is 0. The van der Waals surface area contributed by atoms with Gasteiger partial charge in [-0.15, -0.1) is 0 Å². The quantitative estimate of drug-likeness (QED) is 0.311. The second-order valence-corrected chi connectivity index (χ2v) is 9.68. The van der Waals surface area contributed by atoms with E-state index in [4.69, 9.17) is 0 Å². The lowest BCUT2D eigenvalue weighted by molar-refractivity contribution is -0.113. The molecule has 3 aromatic rings. The molecule has 0 aromatic heterocycles. The molecule has 8 heteroatoms. The van der Waals surface area contributed by atoms with E-state index in [9.17, 15) is 9.59 Å². The summed E-state index contributed by atoms with van der Waals surface area (Å²) in [7, 11) is 3.91. The van der Waals surface area contributed by atoms with E-state index in [-0.39, 0.29) is 5.70 Å². The van der Waals surface area contributed by atoms with Crippen LogP contribution in [0.1, 0.15) is 15.9 Å². The highest BCUT2D eigenvalue weighted by Gasteiger charge is 2.17. The van der Waals surface area contributed by atoms with Crippen LogP contribution in [-0.4, -0.2) is 25.9 Å². The summed E-state index contributed by atoms with van der Waals surface area (Å²) in [4.78, 5) is 28.0. The average Bonchev–Trinajstić information content (AvgIpc) is 2.75. The molecule has 32 heavy (non-hydrogen) atoms. The third-order valence-electron chi connectivity index (χ3n) is 4.51. The fourth-order valence-corrected chi connectivity index (χ4v) is 4.42. The summed E-state index contributed by atoms with van der Waals surface area (Å²) in [5.74, 6) is -0.830. The molecule has 0 saturated heterocycles. The fourth-order valence-electron chi connectivity index (χ4n) is 2.81. The third-order valence-corrected chi connectivity index (χ3v) is 6.35. The zero-order chi connectivity index (χ0) is 23.3. The van der Waals surface area contributed by atoms with Crippen molar-refractivity contribution in [3.63, 3.8) is 0 Å². The maximum atomic E-state index is 13.1. The van der Waals surface area contributed by atoms with Crippen LogP contribution in [0.5, 0.6) is 0 Å². The van der Waals surface area contributed by atoms with Crippen LogP contribution in [0.25, 0.3) is 6.08 Å². The van der Waals surface area contributed by atoms with E-state index in [0.717, 1.165) is 15.7 Å². The zero-order valence-corrected chi connectivity index (χ0v) is 22.1. The Kier molecular flexibility index (Phi) is 8.28. The van der Waals surface area contributed by atoms with Crippen molar-refractivity contribution in [2.24, 2.45) is 0 Å². The molecule has 164 valence electrons. The van der Waals surface area contributed by atoms with E-state index < -0.39 is 11.8 Å². The number of rotatable bonds is 6. The van der Waals surface area contributed by atoms with Gasteiger partial charge in [-0.3, -0.25) is 9.59 Å². The van der Waals surface area contributed by atoms with E-state index in [1.54, 1.807) is 30.3 Å². The van der Waals surface area contributed by atoms with Crippen molar-refractivity contribution >= 4 is 77.1 Å². The van der Waals surface area contributed by atoms with E-state index in [1.165, 1.54) is 0 Å². The van der Waals surface area contributed by atoms with Crippen molar-refractivity contribution in [3.8, 4) is 0 Å². The second-order valence-electron chi connectivity index (χ2n) is 7.06. The molecule has 0 bridgehead atoms. The van der Waals surface area contributed by atoms with Gasteiger partial charge in [0, 0.05) is 33.2 Å². The minimum atomic E-state index is -0.440. The number of benzene rings is 3. The van der Waals surface area contributed by atoms with Gasteiger partial charge in [0.05, 0.1) is 11.3 Å². The Hall–Kier alpha value is -2.42. The maximum absolute atomic E-state index is 13.1. The summed E-state index contributed by atoms with van der Waals surface area (Å²) in [5.41, 5.74) is 2.95. The zero-order valence-electron chi connectivity index (χ0n) is 17.3. The Morgan fingerprint density at radius 3 is 2.19 bits per heavy atom. The SMILES string of the molecule is CN(C)c1ccc(C=C(NC(=O)c2ccccc2Br)C(=O)Nc2ccc(Br)cc2Br)cc1. The molecule has 5 nitrogen and oxygen atoms in total. The molecule has 0 atom stereocenters. The predicted octanol–water partition coefficient (Wildman–Crippen LogP) is 6.45. The highest BCUT2D eigenvalue weighted by Crippen LogP contribution is 2.27. The Morgan fingerprint density at radius 2 is 1.56 bits per heavy atom. The molecular formula is C24H20Br3N3O2. The summed E-state index contributed by atoms with van der Waals surface area (Å²) in [6, 6.07) is 20.1. The first kappa shape index (κ1) is 24.2. The van der Waals surface area contributed by atoms with Gasteiger partial charge in [-0.05, 0) is 86.0 Å². The minimum Gasteiger partial charge on any atom is -0.378 e. The lowest BCUT2D eigenvalue weighted by atomic mass is 10.1. The smallest absolute Gasteiger partial charge is 0.272 e. The van der Waals surface area contributed by atoms with Crippen LogP contribution in [-0.2, 0) is 4.79 Å². The first-order valence-corrected chi connectivity index (χ1v) is 11.9. The van der Waals surface area contributed by atoms with Crippen LogP contribution in [0.4, 0.5) is 11.4 Å². The molecule has 0 radical (unpaired) electrons. The predicted molar refractivity (Wildman–Crippen MR) is 141 cm³/mol. The largest absolute Gasteiger partial charge is 0.378 e. The lowest BCUT2D eigenvalue weighted by Crippen LogP contribution is -2.31. The first-order chi connectivity index (χ1) is 15.2. The number of carbonyl (C=O) groups is 2. The van der Waals surface area contributed by atoms with Gasteiger partial charge in [-0.2, -0.15) is 0 Å². The molecule has 0 saturated carbocycles. The Labute approximate surface area is 212 Å². The summed E-state index contributed by atoms with van der Waals surface area (Å²) >= 11 is 10.2. The number of halogens is 3. The van der Waals surface area contributed by atoms with Gasteiger partial charge < -0.3 is 15.5 Å². The van der Waals surface area contributed by atoms with Crippen LogP contribution < -0.4 is 15.5 Å². The highest BCUT2D eigenvalue weighted by molar-refractivity contribution is 9.11. The molecule has 0 aliphatic heterocycles. The fraction of sp³-hybridized carbons (Fsp3) is 0.0833. The number of amides is 2. The van der Waals surface area contributed by atoms with E-state index in [2.05, 4.69) is 58.4 Å². The summed E-state index contributed by atoms with van der Waals surface area (Å²) in [5, 5.41) is 5.61. The Bertz CT molecular complexity index is 1180. The van der Waals surface area contributed by atoms with Gasteiger partial charge in [0.25, 0.3) is 11.8 Å². The van der Waals surface area contributed by atoms with Crippen molar-refractivity contribution in [2.45, 2.75) is 0 Å². The minimum absolute atomic E-state index is 0.123. The van der Waals surface area contributed by atoms with Crippen LogP contribution >= 0.6 is 47.8 Å². The molecule has 2 N–H and O–H groups in total. The average molecular weight is 622 g/mol. The van der Waals surface area contributed by atoms with Crippen LogP contribution in [0.3, 0.4) is 0 Å². The van der Waals surface area contributed by atoms with Crippen LogP contribution in [0.15, 0.2) is 85.8 Å². The summed E-state index contributed by atoms with van der Waals surface area (Å²) in [6.07, 6.45) is 1.65. The third kappa shape index (κ3) is 6.31. The molecule has 0 fully saturated rings. The molecule has 0 aliphatic rings. The van der Waals surface area contributed by atoms with Crippen LogP contribution in [0.2, 0.25) is 0 Å². The highest BCUT2D eigenvalue weighted by atomic mass is 79.9. The molecular weight excluding hydrogens is 602 g/mol. The Morgan fingerprint density at radius 1 is 0.875 bits per heavy atom. The molecule has 3 aromatic carbocycles. The molecule has 0 heterocycles. The van der Waals surface area contributed by atoms with Crippen molar-refractivity contribution in [3.05, 3.63) is 97.0 Å². The van der Waals surface area contributed by atoms with Crippen molar-refractivity contribution in [1.82, 2.24) is 5.32 Å². The number of nitrogens with one attached hydrogen (secondary N) is 2. The van der Waals surface area contributed by atoms with Crippen molar-refractivity contribution < 1.29 is 9.59 Å². The van der Waals surface area contributed by atoms with Gasteiger partial charge in [0.15, 0.2) is 0 Å². The number of nitrogens with zero attached hydrogens (tertiary/aromatic N) is 1. The lowest BCUT2D eigenvalue weighted by Gasteiger charge is -2.14. The number of carbonyl (C=O) groups excluding carboxylic acids is 2. The molecule has 3 rings (SSSR count). The van der Waals surface area contributed by atoms with Crippen LogP contribution in [0, 0.1) is 0 Å². The van der Waals surface area contributed by atoms with Crippen molar-refractivity contribution in [2.75, 3.05) is 24.3 Å². The van der Waals surface area contributed by atoms with Gasteiger partial charge in [-0.25, -0.2) is 0 Å². The van der Waals surface area contributed by atoms with Gasteiger partial charge in [0.2, 0.25) is 0 Å². The second kappa shape index (κ2) is 10.9. The molecule has 0 aliphatic carbocycles. The van der Waals surface area contributed by atoms with E-state index >= 15 is 0 Å². The standard InChI is InChI=1S/C24H20Br3N3O2/c1-30(2)17-10-7-15(8-11-17)13-22(29-23(31)18-5-3-4-6-19(18)26)24(32)28-21-12-9-16(25)14-20(21)27/h3-14H,1-2H3,(H,28,32)(H,29,31). The monoisotopic (exact) mass is 619 g/mol. The molecule has 0 unspecified atom stereocenters. The van der Waals surface area contributed by atoms with Gasteiger partial charge >= 0.3 is 0 Å². The first-order valence-electron chi connectivity index (χ1n) is 9.56. The van der Waals surface area contributed by atoms with E-state index in [1.807, 2.05) is 61.5 Å². The number of hydrogen-bond acceptors (Lipinski definition) is 3. The molecule has 0 spiro atoms. The molecule has 2 amide bonds. The number of anilines is 2.